The first-order valence-electron chi connectivity index (χ1n) is 7.26. The van der Waals surface area contributed by atoms with Crippen LogP contribution < -0.4 is 5.32 Å². The maximum absolute atomic E-state index is 12.2. The van der Waals surface area contributed by atoms with E-state index in [1.165, 1.54) is 12.1 Å². The predicted molar refractivity (Wildman–Crippen MR) is 86.2 cm³/mol. The number of hydrogen-bond acceptors (Lipinski definition) is 3. The Morgan fingerprint density at radius 2 is 1.39 bits per heavy atom. The third kappa shape index (κ3) is 3.55. The number of carbonyl (C=O) groups excluding carboxylic acids is 2. The summed E-state index contributed by atoms with van der Waals surface area (Å²) in [4.78, 5) is 24.3. The second-order valence-electron chi connectivity index (χ2n) is 5.03. The van der Waals surface area contributed by atoms with E-state index < -0.39 is 0 Å². The Balaban J connectivity index is 1.67. The van der Waals surface area contributed by atoms with Crippen LogP contribution in [0, 0.1) is 0 Å². The maximum atomic E-state index is 12.2. The summed E-state index contributed by atoms with van der Waals surface area (Å²) in [5.41, 5.74) is 1.52. The summed E-state index contributed by atoms with van der Waals surface area (Å²) >= 11 is 0. The molecule has 0 saturated carbocycles. The van der Waals surface area contributed by atoms with Gasteiger partial charge in [0.05, 0.1) is 0 Å². The number of ketones is 1. The highest BCUT2D eigenvalue weighted by Gasteiger charge is 2.16. The summed E-state index contributed by atoms with van der Waals surface area (Å²) in [7, 11) is 0. The first-order valence-corrected chi connectivity index (χ1v) is 7.26. The third-order valence-corrected chi connectivity index (χ3v) is 3.39. The fourth-order valence-electron chi connectivity index (χ4n) is 2.18. The van der Waals surface area contributed by atoms with E-state index in [1.54, 1.807) is 24.3 Å². The van der Waals surface area contributed by atoms with Gasteiger partial charge in [-0.25, -0.2) is 0 Å². The van der Waals surface area contributed by atoms with Crippen LogP contribution in [0.15, 0.2) is 77.2 Å². The Kier molecular flexibility index (Phi) is 4.34. The van der Waals surface area contributed by atoms with Crippen LogP contribution in [0.2, 0.25) is 0 Å². The molecule has 0 aliphatic carbocycles. The fraction of sp³-hybridized carbons (Fsp3) is 0.0526. The van der Waals surface area contributed by atoms with Crippen molar-refractivity contribution in [1.29, 1.82) is 0 Å². The molecule has 114 valence electrons. The van der Waals surface area contributed by atoms with Gasteiger partial charge in [0.1, 0.15) is 0 Å². The number of furan rings is 1. The van der Waals surface area contributed by atoms with Crippen LogP contribution in [0.4, 0.5) is 0 Å². The number of amides is 1. The van der Waals surface area contributed by atoms with Gasteiger partial charge in [-0.15, -0.1) is 0 Å². The zero-order chi connectivity index (χ0) is 16.1. The summed E-state index contributed by atoms with van der Waals surface area (Å²) in [6, 6.07) is 21.4. The van der Waals surface area contributed by atoms with E-state index >= 15 is 0 Å². The standard InChI is InChI=1S/C19H15NO3/c21-18(15-9-5-2-6-10-15)16-11-12-17(23-16)19(22)20-13-14-7-3-1-4-8-14/h1-12H,13H2,(H,20,22). The Labute approximate surface area is 133 Å². The van der Waals surface area contributed by atoms with Crippen LogP contribution in [-0.4, -0.2) is 11.7 Å². The molecule has 1 heterocycles. The number of nitrogens with one attached hydrogen (secondary N) is 1. The van der Waals surface area contributed by atoms with Crippen LogP contribution in [-0.2, 0) is 6.54 Å². The highest BCUT2D eigenvalue weighted by Crippen LogP contribution is 2.13. The van der Waals surface area contributed by atoms with Crippen molar-refractivity contribution in [3.05, 3.63) is 95.4 Å². The summed E-state index contributed by atoms with van der Waals surface area (Å²) in [6.07, 6.45) is 0. The zero-order valence-electron chi connectivity index (χ0n) is 12.4. The molecule has 23 heavy (non-hydrogen) atoms. The molecule has 0 atom stereocenters. The summed E-state index contributed by atoms with van der Waals surface area (Å²) in [6.45, 7) is 0.405. The summed E-state index contributed by atoms with van der Waals surface area (Å²) in [5.74, 6) is -0.310. The number of hydrogen-bond donors (Lipinski definition) is 1. The monoisotopic (exact) mass is 305 g/mol. The predicted octanol–water partition coefficient (Wildman–Crippen LogP) is 3.44. The molecule has 0 spiro atoms. The second kappa shape index (κ2) is 6.75. The van der Waals surface area contributed by atoms with Crippen LogP contribution >= 0.6 is 0 Å². The molecular weight excluding hydrogens is 290 g/mol. The van der Waals surface area contributed by atoms with Gasteiger partial charge in [-0.3, -0.25) is 9.59 Å². The van der Waals surface area contributed by atoms with Crippen molar-refractivity contribution in [2.24, 2.45) is 0 Å². The molecule has 4 nitrogen and oxygen atoms in total. The van der Waals surface area contributed by atoms with Gasteiger partial charge < -0.3 is 9.73 Å². The van der Waals surface area contributed by atoms with E-state index in [1.807, 2.05) is 36.4 Å². The Bertz CT molecular complexity index is 807. The number of carbonyl (C=O) groups is 2. The van der Waals surface area contributed by atoms with Gasteiger partial charge in [0.15, 0.2) is 11.5 Å². The Hall–Kier alpha value is -3.14. The lowest BCUT2D eigenvalue weighted by atomic mass is 10.1. The van der Waals surface area contributed by atoms with Crippen molar-refractivity contribution in [3.8, 4) is 0 Å². The van der Waals surface area contributed by atoms with E-state index in [4.69, 9.17) is 4.42 Å². The van der Waals surface area contributed by atoms with Crippen molar-refractivity contribution >= 4 is 11.7 Å². The van der Waals surface area contributed by atoms with E-state index in [0.29, 0.717) is 12.1 Å². The maximum Gasteiger partial charge on any atom is 0.287 e. The average Bonchev–Trinajstić information content (AvgIpc) is 3.11. The lowest BCUT2D eigenvalue weighted by Crippen LogP contribution is -2.22. The van der Waals surface area contributed by atoms with Crippen molar-refractivity contribution in [1.82, 2.24) is 5.32 Å². The topological polar surface area (TPSA) is 59.3 Å². The molecule has 3 aromatic rings. The van der Waals surface area contributed by atoms with Crippen molar-refractivity contribution in [2.75, 3.05) is 0 Å². The zero-order valence-corrected chi connectivity index (χ0v) is 12.4. The molecule has 1 N–H and O–H groups in total. The van der Waals surface area contributed by atoms with Gasteiger partial charge in [-0.1, -0.05) is 60.7 Å². The molecule has 2 aromatic carbocycles. The molecule has 0 saturated heterocycles. The molecule has 1 amide bonds. The SMILES string of the molecule is O=C(NCc1ccccc1)c1ccc(C(=O)c2ccccc2)o1. The second-order valence-corrected chi connectivity index (χ2v) is 5.03. The van der Waals surface area contributed by atoms with Crippen LogP contribution in [0.3, 0.4) is 0 Å². The van der Waals surface area contributed by atoms with Gasteiger partial charge >= 0.3 is 0 Å². The van der Waals surface area contributed by atoms with Crippen molar-refractivity contribution in [2.45, 2.75) is 6.54 Å². The molecule has 3 rings (SSSR count). The molecule has 0 unspecified atom stereocenters. The first kappa shape index (κ1) is 14.8. The van der Waals surface area contributed by atoms with Crippen LogP contribution in [0.5, 0.6) is 0 Å². The Morgan fingerprint density at radius 3 is 2.09 bits per heavy atom. The first-order chi connectivity index (χ1) is 11.2. The van der Waals surface area contributed by atoms with Gasteiger partial charge in [0.25, 0.3) is 5.91 Å². The normalized spacial score (nSPS) is 10.3. The summed E-state index contributed by atoms with van der Waals surface area (Å²) < 4.78 is 5.39. The molecule has 0 bridgehead atoms. The third-order valence-electron chi connectivity index (χ3n) is 3.39. The molecule has 0 fully saturated rings. The molecule has 4 heteroatoms. The smallest absolute Gasteiger partial charge is 0.287 e. The van der Waals surface area contributed by atoms with Crippen LogP contribution in [0.25, 0.3) is 0 Å². The molecule has 0 radical (unpaired) electrons. The highest BCUT2D eigenvalue weighted by atomic mass is 16.4. The average molecular weight is 305 g/mol. The van der Waals surface area contributed by atoms with Gasteiger partial charge in [-0.2, -0.15) is 0 Å². The number of rotatable bonds is 5. The molecule has 0 aliphatic heterocycles. The van der Waals surface area contributed by atoms with Crippen molar-refractivity contribution < 1.29 is 14.0 Å². The van der Waals surface area contributed by atoms with E-state index in [-0.39, 0.29) is 23.2 Å². The van der Waals surface area contributed by atoms with Crippen LogP contribution in [0.1, 0.15) is 32.2 Å². The minimum atomic E-state index is -0.346. The van der Waals surface area contributed by atoms with Gasteiger partial charge in [-0.05, 0) is 17.7 Å². The molecule has 0 aliphatic rings. The van der Waals surface area contributed by atoms with E-state index in [0.717, 1.165) is 5.56 Å². The molecular formula is C19H15NO3. The van der Waals surface area contributed by atoms with Gasteiger partial charge in [0, 0.05) is 12.1 Å². The van der Waals surface area contributed by atoms with E-state index in [2.05, 4.69) is 5.32 Å². The van der Waals surface area contributed by atoms with Crippen molar-refractivity contribution in [3.63, 3.8) is 0 Å². The fourth-order valence-corrected chi connectivity index (χ4v) is 2.18. The van der Waals surface area contributed by atoms with Gasteiger partial charge in [0.2, 0.25) is 5.78 Å². The quantitative estimate of drug-likeness (QED) is 0.735. The lowest BCUT2D eigenvalue weighted by Gasteiger charge is -2.03. The minimum absolute atomic E-state index is 0.125. The van der Waals surface area contributed by atoms with E-state index in [9.17, 15) is 9.59 Å². The summed E-state index contributed by atoms with van der Waals surface area (Å²) in [5, 5.41) is 2.76. The largest absolute Gasteiger partial charge is 0.447 e. The Morgan fingerprint density at radius 1 is 0.783 bits per heavy atom. The number of benzene rings is 2. The molecule has 1 aromatic heterocycles. The highest BCUT2D eigenvalue weighted by molar-refractivity contribution is 6.07. The minimum Gasteiger partial charge on any atom is -0.447 e. The lowest BCUT2D eigenvalue weighted by molar-refractivity contribution is 0.0917.